The van der Waals surface area contributed by atoms with Crippen molar-refractivity contribution in [1.82, 2.24) is 35.9 Å². The fourth-order valence-electron chi connectivity index (χ4n) is 3.87. The maximum Gasteiger partial charge on any atom is 0.326 e. The quantitative estimate of drug-likeness (QED) is 0.0875. The van der Waals surface area contributed by atoms with Crippen molar-refractivity contribution >= 4 is 23.7 Å². The minimum absolute atomic E-state index is 0.0227. The average Bonchev–Trinajstić information content (AvgIpc) is 3.61. The normalized spacial score (nSPS) is 14.1. The van der Waals surface area contributed by atoms with Gasteiger partial charge < -0.3 is 48.2 Å². The largest absolute Gasteiger partial charge is 0.480 e. The first-order valence-corrected chi connectivity index (χ1v) is 13.0. The van der Waals surface area contributed by atoms with E-state index in [0.29, 0.717) is 50.2 Å². The molecule has 12 N–H and O–H groups in total. The molecule has 0 saturated carbocycles. The van der Waals surface area contributed by atoms with Gasteiger partial charge in [0.1, 0.15) is 18.1 Å². The molecule has 15 heteroatoms. The molecular weight excluding hydrogens is 508 g/mol. The summed E-state index contributed by atoms with van der Waals surface area (Å²) in [6.07, 6.45) is 8.99. The molecule has 2 rings (SSSR count). The lowest BCUT2D eigenvalue weighted by Gasteiger charge is -2.25. The average molecular weight is 549 g/mol. The number of hydrogen-bond donors (Lipinski definition) is 9. The Kier molecular flexibility index (Phi) is 13.6. The van der Waals surface area contributed by atoms with E-state index in [-0.39, 0.29) is 19.3 Å². The topological polar surface area (TPSA) is 260 Å². The number of aromatic amines is 2. The predicted octanol–water partition coefficient (Wildman–Crippen LogP) is -1.96. The number of imidazole rings is 2. The van der Waals surface area contributed by atoms with Crippen molar-refractivity contribution in [1.29, 1.82) is 0 Å². The van der Waals surface area contributed by atoms with Crippen LogP contribution >= 0.6 is 0 Å². The van der Waals surface area contributed by atoms with E-state index in [9.17, 15) is 24.3 Å². The standard InChI is InChI=1S/C24H40N10O5/c25-7-3-1-5-17(27)21(35)33-19(9-15-11-28-13-30-15)23(37)32-18(6-2-4-8-26)22(36)34-20(24(38)39)10-16-12-29-14-31-16/h11-14,17-20H,1-10,25-27H2,(H,28,30)(H,29,31)(H,32,37)(H,33,35)(H,34,36)(H,38,39). The molecule has 0 spiro atoms. The smallest absolute Gasteiger partial charge is 0.326 e. The molecule has 15 nitrogen and oxygen atoms in total. The Bertz CT molecular complexity index is 1010. The van der Waals surface area contributed by atoms with E-state index in [0.717, 1.165) is 6.42 Å². The fraction of sp³-hybridized carbons (Fsp3) is 0.583. The van der Waals surface area contributed by atoms with Crippen LogP contribution in [-0.2, 0) is 32.0 Å². The van der Waals surface area contributed by atoms with Crippen LogP contribution in [0.5, 0.6) is 0 Å². The zero-order chi connectivity index (χ0) is 28.6. The molecule has 2 aromatic heterocycles. The van der Waals surface area contributed by atoms with Crippen molar-refractivity contribution in [3.8, 4) is 0 Å². The maximum absolute atomic E-state index is 13.4. The number of aliphatic carboxylic acids is 1. The highest BCUT2D eigenvalue weighted by Gasteiger charge is 2.30. The summed E-state index contributed by atoms with van der Waals surface area (Å²) < 4.78 is 0. The number of H-pyrrole nitrogens is 2. The molecule has 0 fully saturated rings. The molecule has 2 aromatic rings. The second-order valence-electron chi connectivity index (χ2n) is 9.26. The van der Waals surface area contributed by atoms with E-state index in [2.05, 4.69) is 35.9 Å². The van der Waals surface area contributed by atoms with Crippen LogP contribution in [0.2, 0.25) is 0 Å². The molecule has 0 radical (unpaired) electrons. The molecule has 0 aromatic carbocycles. The van der Waals surface area contributed by atoms with Crippen LogP contribution in [0.15, 0.2) is 25.0 Å². The Balaban J connectivity index is 2.14. The SMILES string of the molecule is NCCCCC(N)C(=O)NC(Cc1cnc[nH]1)C(=O)NC(CCCCN)C(=O)NC(Cc1cnc[nH]1)C(=O)O. The van der Waals surface area contributed by atoms with E-state index in [1.807, 2.05) is 0 Å². The highest BCUT2D eigenvalue weighted by molar-refractivity contribution is 5.94. The number of amides is 3. The highest BCUT2D eigenvalue weighted by atomic mass is 16.4. The van der Waals surface area contributed by atoms with Crippen molar-refractivity contribution in [2.24, 2.45) is 17.2 Å². The van der Waals surface area contributed by atoms with Crippen LogP contribution < -0.4 is 33.2 Å². The molecule has 2 heterocycles. The zero-order valence-electron chi connectivity index (χ0n) is 21.9. The van der Waals surface area contributed by atoms with Gasteiger partial charge in [-0.1, -0.05) is 6.42 Å². The Hall–Kier alpha value is -3.82. The van der Waals surface area contributed by atoms with E-state index in [1.54, 1.807) is 0 Å². The summed E-state index contributed by atoms with van der Waals surface area (Å²) in [5, 5.41) is 17.5. The number of carbonyl (C=O) groups is 4. The van der Waals surface area contributed by atoms with Crippen LogP contribution in [0.1, 0.15) is 49.9 Å². The van der Waals surface area contributed by atoms with Gasteiger partial charge in [0.15, 0.2) is 0 Å². The summed E-state index contributed by atoms with van der Waals surface area (Å²) in [4.78, 5) is 64.6. The summed E-state index contributed by atoms with van der Waals surface area (Å²) >= 11 is 0. The Morgan fingerprint density at radius 3 is 1.74 bits per heavy atom. The molecule has 0 bridgehead atoms. The van der Waals surface area contributed by atoms with Crippen LogP contribution in [0.4, 0.5) is 0 Å². The lowest BCUT2D eigenvalue weighted by molar-refractivity contribution is -0.142. The van der Waals surface area contributed by atoms with E-state index >= 15 is 0 Å². The molecular formula is C24H40N10O5. The van der Waals surface area contributed by atoms with Crippen molar-refractivity contribution in [2.75, 3.05) is 13.1 Å². The lowest BCUT2D eigenvalue weighted by Crippen LogP contribution is -2.57. The summed E-state index contributed by atoms with van der Waals surface area (Å²) in [7, 11) is 0. The number of hydrogen-bond acceptors (Lipinski definition) is 9. The number of unbranched alkanes of at least 4 members (excludes halogenated alkanes) is 2. The van der Waals surface area contributed by atoms with Gasteiger partial charge in [-0.2, -0.15) is 0 Å². The third-order valence-electron chi connectivity index (χ3n) is 6.09. The summed E-state index contributed by atoms with van der Waals surface area (Å²) in [6, 6.07) is -4.22. The van der Waals surface area contributed by atoms with Gasteiger partial charge in [0.25, 0.3) is 0 Å². The predicted molar refractivity (Wildman–Crippen MR) is 142 cm³/mol. The van der Waals surface area contributed by atoms with Gasteiger partial charge in [0.05, 0.1) is 18.7 Å². The minimum atomic E-state index is -1.25. The Morgan fingerprint density at radius 1 is 0.744 bits per heavy atom. The third-order valence-corrected chi connectivity index (χ3v) is 6.09. The number of aromatic nitrogens is 4. The van der Waals surface area contributed by atoms with E-state index < -0.39 is 47.9 Å². The number of carboxylic acid groups (broad SMARTS) is 1. The van der Waals surface area contributed by atoms with Crippen molar-refractivity contribution in [2.45, 2.75) is 75.5 Å². The summed E-state index contributed by atoms with van der Waals surface area (Å²) in [6.45, 7) is 0.873. The number of carboxylic acids is 1. The monoisotopic (exact) mass is 548 g/mol. The first-order chi connectivity index (χ1) is 18.7. The number of carbonyl (C=O) groups excluding carboxylic acids is 3. The molecule has 216 valence electrons. The molecule has 0 aliphatic heterocycles. The molecule has 39 heavy (non-hydrogen) atoms. The van der Waals surface area contributed by atoms with Crippen molar-refractivity contribution < 1.29 is 24.3 Å². The summed E-state index contributed by atoms with van der Waals surface area (Å²) in [5.41, 5.74) is 18.2. The van der Waals surface area contributed by atoms with Gasteiger partial charge in [-0.15, -0.1) is 0 Å². The summed E-state index contributed by atoms with van der Waals surface area (Å²) in [5.74, 6) is -3.04. The maximum atomic E-state index is 13.4. The second-order valence-corrected chi connectivity index (χ2v) is 9.26. The molecule has 4 unspecified atom stereocenters. The number of nitrogens with two attached hydrogens (primary N) is 3. The highest BCUT2D eigenvalue weighted by Crippen LogP contribution is 2.07. The molecule has 0 aliphatic rings. The molecule has 0 aliphatic carbocycles. The van der Waals surface area contributed by atoms with Gasteiger partial charge in [-0.25, -0.2) is 14.8 Å². The first-order valence-electron chi connectivity index (χ1n) is 13.0. The number of nitrogens with zero attached hydrogens (tertiary/aromatic N) is 2. The second kappa shape index (κ2) is 16.9. The van der Waals surface area contributed by atoms with E-state index in [4.69, 9.17) is 17.2 Å². The molecule has 4 atom stereocenters. The fourth-order valence-corrected chi connectivity index (χ4v) is 3.87. The van der Waals surface area contributed by atoms with Gasteiger partial charge in [0, 0.05) is 36.6 Å². The van der Waals surface area contributed by atoms with Gasteiger partial charge >= 0.3 is 5.97 Å². The zero-order valence-corrected chi connectivity index (χ0v) is 21.9. The van der Waals surface area contributed by atoms with Crippen molar-refractivity contribution in [3.63, 3.8) is 0 Å². The third kappa shape index (κ3) is 11.2. The lowest BCUT2D eigenvalue weighted by atomic mass is 10.0. The van der Waals surface area contributed by atoms with Gasteiger partial charge in [-0.05, 0) is 45.2 Å². The molecule has 0 saturated heterocycles. The first kappa shape index (κ1) is 31.4. The van der Waals surface area contributed by atoms with Gasteiger partial charge in [-0.3, -0.25) is 14.4 Å². The van der Waals surface area contributed by atoms with Crippen LogP contribution in [0.25, 0.3) is 0 Å². The van der Waals surface area contributed by atoms with Crippen LogP contribution in [-0.4, -0.2) is 86.0 Å². The van der Waals surface area contributed by atoms with Crippen molar-refractivity contribution in [3.05, 3.63) is 36.4 Å². The van der Waals surface area contributed by atoms with Gasteiger partial charge in [0.2, 0.25) is 17.7 Å². The van der Waals surface area contributed by atoms with Crippen LogP contribution in [0.3, 0.4) is 0 Å². The number of rotatable bonds is 19. The van der Waals surface area contributed by atoms with E-state index in [1.165, 1.54) is 25.0 Å². The molecule has 3 amide bonds. The van der Waals surface area contributed by atoms with Crippen LogP contribution in [0, 0.1) is 0 Å². The minimum Gasteiger partial charge on any atom is -0.480 e. The Morgan fingerprint density at radius 2 is 1.23 bits per heavy atom. The Labute approximate surface area is 226 Å². The number of nitrogens with one attached hydrogen (secondary N) is 5.